The number of aromatic amines is 2. The van der Waals surface area contributed by atoms with Crippen LogP contribution in [0, 0.1) is 0 Å². The van der Waals surface area contributed by atoms with Crippen LogP contribution in [0.15, 0.2) is 47.4 Å². The number of fused-ring (bicyclic) bond motifs is 1. The Kier molecular flexibility index (Phi) is 3.98. The predicted octanol–water partition coefficient (Wildman–Crippen LogP) is 3.90. The third-order valence-corrected chi connectivity index (χ3v) is 5.12. The molecule has 2 N–H and O–H groups in total. The number of nitrogens with zero attached hydrogens (tertiary/aromatic N) is 1. The molecular weight excluding hydrogens is 298 g/mol. The maximum absolute atomic E-state index is 12.0. The van der Waals surface area contributed by atoms with Gasteiger partial charge in [0.25, 0.3) is 5.56 Å². The zero-order valence-corrected chi connectivity index (χ0v) is 14.0. The highest BCUT2D eigenvalue weighted by molar-refractivity contribution is 5.86. The first-order valence-corrected chi connectivity index (χ1v) is 8.74. The van der Waals surface area contributed by atoms with E-state index in [-0.39, 0.29) is 5.56 Å². The molecule has 0 radical (unpaired) electrons. The first kappa shape index (κ1) is 15.2. The number of rotatable bonds is 3. The minimum atomic E-state index is -0.0635. The van der Waals surface area contributed by atoms with Gasteiger partial charge >= 0.3 is 0 Å². The molecule has 1 aliphatic rings. The Bertz CT molecular complexity index is 908. The molecule has 3 aromatic rings. The van der Waals surface area contributed by atoms with Gasteiger partial charge in [-0.3, -0.25) is 9.69 Å². The molecule has 0 unspecified atom stereocenters. The van der Waals surface area contributed by atoms with E-state index in [0.29, 0.717) is 11.6 Å². The summed E-state index contributed by atoms with van der Waals surface area (Å²) in [6.07, 6.45) is 5.61. The van der Waals surface area contributed by atoms with Gasteiger partial charge in [-0.1, -0.05) is 12.5 Å². The first-order valence-electron chi connectivity index (χ1n) is 8.74. The SMILES string of the molecule is C[C@@H]1CCCCN1Cc1ccc2[nH]c(-c3ccc[nH]c3=O)cc2c1. The number of piperidine rings is 1. The topological polar surface area (TPSA) is 51.9 Å². The zero-order chi connectivity index (χ0) is 16.5. The van der Waals surface area contributed by atoms with E-state index in [9.17, 15) is 4.79 Å². The molecular formula is C20H23N3O. The molecule has 0 aliphatic carbocycles. The number of benzene rings is 1. The number of aromatic nitrogens is 2. The molecule has 4 rings (SSSR count). The summed E-state index contributed by atoms with van der Waals surface area (Å²) in [6.45, 7) is 4.52. The first-order chi connectivity index (χ1) is 11.7. The summed E-state index contributed by atoms with van der Waals surface area (Å²) in [4.78, 5) is 20.6. The third kappa shape index (κ3) is 2.89. The van der Waals surface area contributed by atoms with Gasteiger partial charge in [0.1, 0.15) is 0 Å². The summed E-state index contributed by atoms with van der Waals surface area (Å²) in [5, 5.41) is 1.16. The quantitative estimate of drug-likeness (QED) is 0.769. The average molecular weight is 321 g/mol. The molecule has 1 aromatic carbocycles. The highest BCUT2D eigenvalue weighted by Crippen LogP contribution is 2.25. The standard InChI is InChI=1S/C20H23N3O/c1-14-5-2-3-10-23(14)13-15-7-8-18-16(11-15)12-19(22-18)17-6-4-9-21-20(17)24/h4,6-9,11-12,14,22H,2-3,5,10,13H2,1H3,(H,21,24)/t14-/m1/s1. The Labute approximate surface area is 141 Å². The molecule has 124 valence electrons. The van der Waals surface area contributed by atoms with Crippen LogP contribution in [0.5, 0.6) is 0 Å². The molecule has 0 amide bonds. The Balaban J connectivity index is 1.64. The monoisotopic (exact) mass is 321 g/mol. The predicted molar refractivity (Wildman–Crippen MR) is 98.1 cm³/mol. The normalized spacial score (nSPS) is 19.0. The fourth-order valence-electron chi connectivity index (χ4n) is 3.69. The van der Waals surface area contributed by atoms with Crippen LogP contribution in [-0.2, 0) is 6.54 Å². The van der Waals surface area contributed by atoms with Crippen molar-refractivity contribution in [3.8, 4) is 11.3 Å². The summed E-state index contributed by atoms with van der Waals surface area (Å²) < 4.78 is 0. The van der Waals surface area contributed by atoms with E-state index < -0.39 is 0 Å². The number of pyridine rings is 1. The van der Waals surface area contributed by atoms with Gasteiger partial charge in [-0.05, 0) is 62.2 Å². The Morgan fingerprint density at radius 3 is 2.96 bits per heavy atom. The summed E-state index contributed by atoms with van der Waals surface area (Å²) >= 11 is 0. The van der Waals surface area contributed by atoms with Gasteiger partial charge in [0.05, 0.1) is 11.3 Å². The molecule has 1 fully saturated rings. The Morgan fingerprint density at radius 1 is 1.21 bits per heavy atom. The van der Waals surface area contributed by atoms with Crippen molar-refractivity contribution < 1.29 is 0 Å². The molecule has 4 nitrogen and oxygen atoms in total. The second-order valence-corrected chi connectivity index (χ2v) is 6.83. The van der Waals surface area contributed by atoms with Crippen LogP contribution in [0.4, 0.5) is 0 Å². The molecule has 0 spiro atoms. The van der Waals surface area contributed by atoms with Crippen molar-refractivity contribution in [2.24, 2.45) is 0 Å². The third-order valence-electron chi connectivity index (χ3n) is 5.12. The van der Waals surface area contributed by atoms with Crippen LogP contribution < -0.4 is 5.56 Å². The van der Waals surface area contributed by atoms with Crippen molar-refractivity contribution in [3.05, 3.63) is 58.5 Å². The second-order valence-electron chi connectivity index (χ2n) is 6.83. The zero-order valence-electron chi connectivity index (χ0n) is 14.0. The molecule has 1 saturated heterocycles. The molecule has 2 aromatic heterocycles. The summed E-state index contributed by atoms with van der Waals surface area (Å²) in [5.41, 5.74) is 3.90. The molecule has 4 heteroatoms. The van der Waals surface area contributed by atoms with E-state index in [1.165, 1.54) is 31.4 Å². The number of H-pyrrole nitrogens is 2. The van der Waals surface area contributed by atoms with E-state index in [1.807, 2.05) is 12.1 Å². The van der Waals surface area contributed by atoms with E-state index in [4.69, 9.17) is 0 Å². The van der Waals surface area contributed by atoms with Gasteiger partial charge in [0.2, 0.25) is 0 Å². The lowest BCUT2D eigenvalue weighted by atomic mass is 10.0. The smallest absolute Gasteiger partial charge is 0.257 e. The van der Waals surface area contributed by atoms with E-state index in [2.05, 4.69) is 46.1 Å². The molecule has 3 heterocycles. The Morgan fingerprint density at radius 2 is 2.12 bits per heavy atom. The lowest BCUT2D eigenvalue weighted by Gasteiger charge is -2.33. The lowest BCUT2D eigenvalue weighted by Crippen LogP contribution is -2.36. The van der Waals surface area contributed by atoms with Gasteiger partial charge in [-0.15, -0.1) is 0 Å². The van der Waals surface area contributed by atoms with Gasteiger partial charge in [0, 0.05) is 29.7 Å². The number of hydrogen-bond acceptors (Lipinski definition) is 2. The van der Waals surface area contributed by atoms with Gasteiger partial charge in [-0.2, -0.15) is 0 Å². The van der Waals surface area contributed by atoms with E-state index >= 15 is 0 Å². The number of likely N-dealkylation sites (tertiary alicyclic amines) is 1. The Hall–Kier alpha value is -2.33. The van der Waals surface area contributed by atoms with E-state index in [0.717, 1.165) is 23.1 Å². The number of hydrogen-bond donors (Lipinski definition) is 2. The summed E-state index contributed by atoms with van der Waals surface area (Å²) in [7, 11) is 0. The van der Waals surface area contributed by atoms with Gasteiger partial charge in [0.15, 0.2) is 0 Å². The highest BCUT2D eigenvalue weighted by atomic mass is 16.1. The average Bonchev–Trinajstić information content (AvgIpc) is 3.00. The van der Waals surface area contributed by atoms with Crippen LogP contribution in [0.3, 0.4) is 0 Å². The summed E-state index contributed by atoms with van der Waals surface area (Å²) in [5.74, 6) is 0. The van der Waals surface area contributed by atoms with Crippen molar-refractivity contribution in [2.75, 3.05) is 6.54 Å². The van der Waals surface area contributed by atoms with Crippen molar-refractivity contribution in [2.45, 2.75) is 38.8 Å². The molecule has 0 saturated carbocycles. The number of nitrogens with one attached hydrogen (secondary N) is 2. The lowest BCUT2D eigenvalue weighted by molar-refractivity contribution is 0.152. The maximum atomic E-state index is 12.0. The second kappa shape index (κ2) is 6.29. The minimum absolute atomic E-state index is 0.0635. The maximum Gasteiger partial charge on any atom is 0.257 e. The van der Waals surface area contributed by atoms with Crippen LogP contribution >= 0.6 is 0 Å². The van der Waals surface area contributed by atoms with Crippen molar-refractivity contribution in [3.63, 3.8) is 0 Å². The van der Waals surface area contributed by atoms with Gasteiger partial charge in [-0.25, -0.2) is 0 Å². The molecule has 1 atom stereocenters. The fourth-order valence-corrected chi connectivity index (χ4v) is 3.69. The van der Waals surface area contributed by atoms with Gasteiger partial charge < -0.3 is 9.97 Å². The van der Waals surface area contributed by atoms with E-state index in [1.54, 1.807) is 6.20 Å². The van der Waals surface area contributed by atoms with Crippen LogP contribution in [0.25, 0.3) is 22.2 Å². The van der Waals surface area contributed by atoms with Crippen LogP contribution in [-0.4, -0.2) is 27.5 Å². The minimum Gasteiger partial charge on any atom is -0.354 e. The highest BCUT2D eigenvalue weighted by Gasteiger charge is 2.18. The summed E-state index contributed by atoms with van der Waals surface area (Å²) in [6, 6.07) is 13.0. The van der Waals surface area contributed by atoms with Crippen molar-refractivity contribution >= 4 is 10.9 Å². The molecule has 1 aliphatic heterocycles. The molecule has 24 heavy (non-hydrogen) atoms. The fraction of sp³-hybridized carbons (Fsp3) is 0.350. The van der Waals surface area contributed by atoms with Crippen LogP contribution in [0.1, 0.15) is 31.7 Å². The molecule has 0 bridgehead atoms. The van der Waals surface area contributed by atoms with Crippen molar-refractivity contribution in [1.29, 1.82) is 0 Å². The largest absolute Gasteiger partial charge is 0.354 e. The van der Waals surface area contributed by atoms with Crippen molar-refractivity contribution in [1.82, 2.24) is 14.9 Å². The van der Waals surface area contributed by atoms with Crippen LogP contribution in [0.2, 0.25) is 0 Å².